The smallest absolute Gasteiger partial charge is 0.473 e. The molecule has 2 aliphatic heterocycles. The molecule has 9 heteroatoms. The topological polar surface area (TPSA) is 78.7 Å². The molecule has 0 unspecified atom stereocenters. The third kappa shape index (κ3) is 2.98. The van der Waals surface area contributed by atoms with E-state index in [0.717, 1.165) is 16.7 Å². The second-order valence-electron chi connectivity index (χ2n) is 8.28. The van der Waals surface area contributed by atoms with Gasteiger partial charge in [0.2, 0.25) is 5.69 Å². The minimum absolute atomic E-state index is 0.216. The Hall–Kier alpha value is -2.39. The molecule has 2 aromatic rings. The van der Waals surface area contributed by atoms with E-state index in [1.807, 2.05) is 52.8 Å². The van der Waals surface area contributed by atoms with E-state index in [9.17, 15) is 4.79 Å². The summed E-state index contributed by atoms with van der Waals surface area (Å²) >= 11 is 0. The van der Waals surface area contributed by atoms with Crippen LogP contribution in [0.25, 0.3) is 0 Å². The van der Waals surface area contributed by atoms with Gasteiger partial charge in [0.1, 0.15) is 6.61 Å². The van der Waals surface area contributed by atoms with Crippen LogP contribution in [0.1, 0.15) is 43.7 Å². The van der Waals surface area contributed by atoms with Gasteiger partial charge in [-0.2, -0.15) is 4.80 Å². The van der Waals surface area contributed by atoms with Crippen LogP contribution in [0.2, 0.25) is 0 Å². The second-order valence-corrected chi connectivity index (χ2v) is 8.28. The lowest BCUT2D eigenvalue weighted by Gasteiger charge is -2.32. The van der Waals surface area contributed by atoms with Crippen LogP contribution >= 0.6 is 0 Å². The number of carbonyl (C=O) groups excluding carboxylic acids is 1. The van der Waals surface area contributed by atoms with E-state index in [1.54, 1.807) is 11.9 Å². The standard InChI is InChI=1S/C19H25BN4O4/c1-12-11-13(20-27-18(2,3)19(4,5)28-20)7-8-14(12)24-9-10-26-16-15(17(24)25)21-23(6)22-16/h7-8,11H,9-10H2,1-6H3. The van der Waals surface area contributed by atoms with E-state index in [0.29, 0.717) is 13.2 Å². The molecule has 0 atom stereocenters. The van der Waals surface area contributed by atoms with Gasteiger partial charge in [-0.3, -0.25) is 4.79 Å². The van der Waals surface area contributed by atoms with Crippen molar-refractivity contribution in [2.45, 2.75) is 45.8 Å². The lowest BCUT2D eigenvalue weighted by atomic mass is 9.78. The predicted molar refractivity (Wildman–Crippen MR) is 105 cm³/mol. The molecule has 0 bridgehead atoms. The number of carbonyl (C=O) groups is 1. The van der Waals surface area contributed by atoms with Gasteiger partial charge in [-0.15, -0.1) is 10.2 Å². The number of hydrogen-bond donors (Lipinski definition) is 0. The van der Waals surface area contributed by atoms with Crippen molar-refractivity contribution in [1.82, 2.24) is 15.0 Å². The van der Waals surface area contributed by atoms with Gasteiger partial charge in [0.05, 0.1) is 17.7 Å². The number of rotatable bonds is 2. The van der Waals surface area contributed by atoms with E-state index in [4.69, 9.17) is 14.0 Å². The largest absolute Gasteiger partial charge is 0.494 e. The molecule has 0 aliphatic carbocycles. The highest BCUT2D eigenvalue weighted by Gasteiger charge is 2.51. The monoisotopic (exact) mass is 384 g/mol. The Morgan fingerprint density at radius 3 is 2.43 bits per heavy atom. The van der Waals surface area contributed by atoms with Gasteiger partial charge >= 0.3 is 7.12 Å². The summed E-state index contributed by atoms with van der Waals surface area (Å²) in [6, 6.07) is 5.88. The number of benzene rings is 1. The summed E-state index contributed by atoms with van der Waals surface area (Å²) in [5, 5.41) is 8.27. The maximum Gasteiger partial charge on any atom is 0.494 e. The van der Waals surface area contributed by atoms with E-state index in [2.05, 4.69) is 10.2 Å². The molecule has 3 heterocycles. The molecule has 28 heavy (non-hydrogen) atoms. The van der Waals surface area contributed by atoms with Gasteiger partial charge in [-0.05, 0) is 51.7 Å². The first kappa shape index (κ1) is 19.0. The molecule has 0 saturated carbocycles. The number of fused-ring (bicyclic) bond motifs is 1. The van der Waals surface area contributed by atoms with Crippen LogP contribution in [-0.4, -0.2) is 52.4 Å². The fourth-order valence-electron chi connectivity index (χ4n) is 3.42. The second kappa shape index (κ2) is 6.32. The van der Waals surface area contributed by atoms with Crippen molar-refractivity contribution in [2.75, 3.05) is 18.1 Å². The molecule has 8 nitrogen and oxygen atoms in total. The molecule has 1 saturated heterocycles. The number of aromatic nitrogens is 3. The number of nitrogens with zero attached hydrogens (tertiary/aromatic N) is 4. The number of hydrogen-bond acceptors (Lipinski definition) is 6. The first-order valence-corrected chi connectivity index (χ1v) is 9.41. The molecular formula is C19H25BN4O4. The average Bonchev–Trinajstić information content (AvgIpc) is 3.02. The number of ether oxygens (including phenoxy) is 1. The predicted octanol–water partition coefficient (Wildman–Crippen LogP) is 1.46. The molecule has 1 amide bonds. The van der Waals surface area contributed by atoms with Gasteiger partial charge in [-0.1, -0.05) is 12.1 Å². The number of anilines is 1. The molecule has 1 fully saturated rings. The normalized spacial score (nSPS) is 20.7. The van der Waals surface area contributed by atoms with E-state index in [-0.39, 0.29) is 17.5 Å². The van der Waals surface area contributed by atoms with Crippen LogP contribution in [0.3, 0.4) is 0 Å². The van der Waals surface area contributed by atoms with Crippen LogP contribution in [0, 0.1) is 6.92 Å². The van der Waals surface area contributed by atoms with Crippen molar-refractivity contribution in [3.63, 3.8) is 0 Å². The summed E-state index contributed by atoms with van der Waals surface area (Å²) in [5.74, 6) is 0.0635. The highest BCUT2D eigenvalue weighted by Crippen LogP contribution is 2.36. The SMILES string of the molecule is Cc1cc(B2OC(C)(C)C(C)(C)O2)ccc1N1CCOc2nn(C)nc2C1=O. The Kier molecular flexibility index (Phi) is 4.28. The van der Waals surface area contributed by atoms with Crippen molar-refractivity contribution < 1.29 is 18.8 Å². The Morgan fingerprint density at radius 1 is 1.11 bits per heavy atom. The van der Waals surface area contributed by atoms with Crippen molar-refractivity contribution in [1.29, 1.82) is 0 Å². The first-order valence-electron chi connectivity index (χ1n) is 9.41. The lowest BCUT2D eigenvalue weighted by Crippen LogP contribution is -2.41. The van der Waals surface area contributed by atoms with Crippen LogP contribution in [0.5, 0.6) is 5.88 Å². The highest BCUT2D eigenvalue weighted by molar-refractivity contribution is 6.62. The zero-order valence-corrected chi connectivity index (χ0v) is 17.1. The first-order chi connectivity index (χ1) is 13.1. The zero-order valence-electron chi connectivity index (χ0n) is 17.1. The number of amides is 1. The third-order valence-electron chi connectivity index (χ3n) is 5.72. The molecule has 0 N–H and O–H groups in total. The van der Waals surface area contributed by atoms with Crippen LogP contribution < -0.4 is 15.1 Å². The Bertz CT molecular complexity index is 924. The number of aryl methyl sites for hydroxylation is 2. The quantitative estimate of drug-likeness (QED) is 0.730. The fraction of sp³-hybridized carbons (Fsp3) is 0.526. The molecule has 1 aromatic heterocycles. The van der Waals surface area contributed by atoms with Crippen molar-refractivity contribution in [2.24, 2.45) is 7.05 Å². The Balaban J connectivity index is 1.63. The Morgan fingerprint density at radius 2 is 1.79 bits per heavy atom. The average molecular weight is 384 g/mol. The molecule has 4 rings (SSSR count). The third-order valence-corrected chi connectivity index (χ3v) is 5.72. The van der Waals surface area contributed by atoms with Gasteiger partial charge in [-0.25, -0.2) is 0 Å². The minimum atomic E-state index is -0.437. The van der Waals surface area contributed by atoms with Crippen molar-refractivity contribution >= 4 is 24.2 Å². The van der Waals surface area contributed by atoms with E-state index < -0.39 is 18.3 Å². The molecule has 0 spiro atoms. The van der Waals surface area contributed by atoms with Crippen LogP contribution in [-0.2, 0) is 16.4 Å². The van der Waals surface area contributed by atoms with Gasteiger partial charge in [0.15, 0.2) is 0 Å². The highest BCUT2D eigenvalue weighted by atomic mass is 16.7. The zero-order chi connectivity index (χ0) is 20.3. The van der Waals surface area contributed by atoms with Crippen molar-refractivity contribution in [3.8, 4) is 5.88 Å². The van der Waals surface area contributed by atoms with Gasteiger partial charge in [0, 0.05) is 12.7 Å². The summed E-state index contributed by atoms with van der Waals surface area (Å²) in [7, 11) is 1.23. The summed E-state index contributed by atoms with van der Waals surface area (Å²) in [6.07, 6.45) is 0. The molecule has 2 aliphatic rings. The molecular weight excluding hydrogens is 359 g/mol. The Labute approximate surface area is 164 Å². The summed E-state index contributed by atoms with van der Waals surface area (Å²) < 4.78 is 17.9. The summed E-state index contributed by atoms with van der Waals surface area (Å²) in [4.78, 5) is 16.0. The van der Waals surface area contributed by atoms with Gasteiger partial charge in [0.25, 0.3) is 11.8 Å². The maximum absolute atomic E-state index is 13.0. The van der Waals surface area contributed by atoms with Crippen LogP contribution in [0.4, 0.5) is 5.69 Å². The molecule has 1 aromatic carbocycles. The van der Waals surface area contributed by atoms with Gasteiger partial charge < -0.3 is 18.9 Å². The maximum atomic E-state index is 13.0. The van der Waals surface area contributed by atoms with E-state index >= 15 is 0 Å². The lowest BCUT2D eigenvalue weighted by molar-refractivity contribution is 0.00578. The summed E-state index contributed by atoms with van der Waals surface area (Å²) in [5.41, 5.74) is 2.13. The van der Waals surface area contributed by atoms with Crippen LogP contribution in [0.15, 0.2) is 18.2 Å². The molecule has 0 radical (unpaired) electrons. The van der Waals surface area contributed by atoms with Crippen molar-refractivity contribution in [3.05, 3.63) is 29.5 Å². The summed E-state index contributed by atoms with van der Waals surface area (Å²) in [6.45, 7) is 10.9. The minimum Gasteiger partial charge on any atom is -0.473 e. The van der Waals surface area contributed by atoms with E-state index in [1.165, 1.54) is 4.80 Å². The molecule has 148 valence electrons. The fourth-order valence-corrected chi connectivity index (χ4v) is 3.42.